The molecule has 0 aliphatic rings. The fourth-order valence-electron chi connectivity index (χ4n) is 1.65. The topological polar surface area (TPSA) is 58.4 Å². The summed E-state index contributed by atoms with van der Waals surface area (Å²) < 4.78 is 0. The fourth-order valence-corrected chi connectivity index (χ4v) is 1.65. The van der Waals surface area contributed by atoms with Gasteiger partial charge < -0.3 is 16.0 Å². The highest BCUT2D eigenvalue weighted by Gasteiger charge is 2.30. The summed E-state index contributed by atoms with van der Waals surface area (Å²) in [7, 11) is 4.05. The SMILES string of the molecule is CC(C)NC(C)(CCCN(C)C)C(N)=O. The first-order valence-electron chi connectivity index (χ1n) is 5.50. The van der Waals surface area contributed by atoms with E-state index >= 15 is 0 Å². The molecular formula is C11H25N3O. The first-order valence-corrected chi connectivity index (χ1v) is 5.50. The number of primary amides is 1. The summed E-state index contributed by atoms with van der Waals surface area (Å²) in [6.45, 7) is 6.90. The maximum Gasteiger partial charge on any atom is 0.237 e. The molecule has 4 heteroatoms. The standard InChI is InChI=1S/C11H25N3O/c1-9(2)13-11(3,10(12)15)7-6-8-14(4)5/h9,13H,6-8H2,1-5H3,(H2,12,15). The van der Waals surface area contributed by atoms with Crippen molar-refractivity contribution in [3.05, 3.63) is 0 Å². The fraction of sp³-hybridized carbons (Fsp3) is 0.909. The Balaban J connectivity index is 4.20. The molecule has 1 unspecified atom stereocenters. The molecular weight excluding hydrogens is 190 g/mol. The summed E-state index contributed by atoms with van der Waals surface area (Å²) in [5, 5.41) is 3.24. The van der Waals surface area contributed by atoms with Crippen LogP contribution < -0.4 is 11.1 Å². The molecule has 0 aromatic carbocycles. The minimum Gasteiger partial charge on any atom is -0.368 e. The van der Waals surface area contributed by atoms with Crippen molar-refractivity contribution in [3.8, 4) is 0 Å². The van der Waals surface area contributed by atoms with Crippen LogP contribution in [-0.4, -0.2) is 43.0 Å². The maximum atomic E-state index is 11.4. The Bertz CT molecular complexity index is 204. The molecule has 0 heterocycles. The van der Waals surface area contributed by atoms with E-state index in [1.165, 1.54) is 0 Å². The van der Waals surface area contributed by atoms with Gasteiger partial charge in [-0.1, -0.05) is 0 Å². The number of carbonyl (C=O) groups excluding carboxylic acids is 1. The highest BCUT2D eigenvalue weighted by Crippen LogP contribution is 2.13. The van der Waals surface area contributed by atoms with E-state index in [4.69, 9.17) is 5.73 Å². The lowest BCUT2D eigenvalue weighted by atomic mass is 9.94. The third-order valence-corrected chi connectivity index (χ3v) is 2.43. The average Bonchev–Trinajstić information content (AvgIpc) is 2.01. The highest BCUT2D eigenvalue weighted by atomic mass is 16.1. The summed E-state index contributed by atoms with van der Waals surface area (Å²) in [6.07, 6.45) is 1.74. The Morgan fingerprint density at radius 2 is 2.00 bits per heavy atom. The number of nitrogens with one attached hydrogen (secondary N) is 1. The van der Waals surface area contributed by atoms with Gasteiger partial charge in [0.05, 0.1) is 5.54 Å². The van der Waals surface area contributed by atoms with E-state index in [0.29, 0.717) is 0 Å². The number of rotatable bonds is 7. The van der Waals surface area contributed by atoms with Crippen LogP contribution in [0, 0.1) is 0 Å². The minimum atomic E-state index is -0.579. The summed E-state index contributed by atoms with van der Waals surface area (Å²) in [6, 6.07) is 0.266. The van der Waals surface area contributed by atoms with Crippen molar-refractivity contribution < 1.29 is 4.79 Å². The molecule has 4 nitrogen and oxygen atoms in total. The van der Waals surface area contributed by atoms with E-state index in [0.717, 1.165) is 19.4 Å². The third-order valence-electron chi connectivity index (χ3n) is 2.43. The van der Waals surface area contributed by atoms with E-state index < -0.39 is 5.54 Å². The molecule has 90 valence electrons. The van der Waals surface area contributed by atoms with Crippen molar-refractivity contribution in [2.75, 3.05) is 20.6 Å². The number of nitrogens with two attached hydrogens (primary N) is 1. The zero-order valence-corrected chi connectivity index (χ0v) is 10.6. The van der Waals surface area contributed by atoms with Crippen LogP contribution in [0.25, 0.3) is 0 Å². The molecule has 0 aromatic rings. The van der Waals surface area contributed by atoms with Gasteiger partial charge in [0, 0.05) is 6.04 Å². The second-order valence-electron chi connectivity index (χ2n) is 4.90. The zero-order valence-electron chi connectivity index (χ0n) is 10.6. The Labute approximate surface area is 93.2 Å². The second-order valence-corrected chi connectivity index (χ2v) is 4.90. The number of nitrogens with zero attached hydrogens (tertiary/aromatic N) is 1. The van der Waals surface area contributed by atoms with Crippen molar-refractivity contribution >= 4 is 5.91 Å². The molecule has 0 aliphatic heterocycles. The van der Waals surface area contributed by atoms with Crippen LogP contribution in [0.1, 0.15) is 33.6 Å². The van der Waals surface area contributed by atoms with Crippen molar-refractivity contribution in [1.82, 2.24) is 10.2 Å². The van der Waals surface area contributed by atoms with E-state index in [1.807, 2.05) is 34.9 Å². The van der Waals surface area contributed by atoms with Gasteiger partial charge in [-0.05, 0) is 54.3 Å². The molecule has 0 aliphatic carbocycles. The predicted octanol–water partition coefficient (Wildman–Crippen LogP) is 0.570. The average molecular weight is 215 g/mol. The molecule has 0 radical (unpaired) electrons. The molecule has 1 amide bonds. The quantitative estimate of drug-likeness (QED) is 0.653. The van der Waals surface area contributed by atoms with Crippen LogP contribution in [0.5, 0.6) is 0 Å². The Morgan fingerprint density at radius 3 is 2.33 bits per heavy atom. The van der Waals surface area contributed by atoms with Gasteiger partial charge >= 0.3 is 0 Å². The van der Waals surface area contributed by atoms with Crippen LogP contribution in [0.2, 0.25) is 0 Å². The van der Waals surface area contributed by atoms with E-state index in [9.17, 15) is 4.79 Å². The molecule has 3 N–H and O–H groups in total. The van der Waals surface area contributed by atoms with Gasteiger partial charge in [-0.25, -0.2) is 0 Å². The molecule has 0 aromatic heterocycles. The molecule has 15 heavy (non-hydrogen) atoms. The lowest BCUT2D eigenvalue weighted by Crippen LogP contribution is -2.55. The molecule has 0 saturated carbocycles. The first-order chi connectivity index (χ1) is 6.78. The zero-order chi connectivity index (χ0) is 12.1. The first kappa shape index (κ1) is 14.4. The normalized spacial score (nSPS) is 15.7. The Kier molecular flexibility index (Phi) is 5.83. The van der Waals surface area contributed by atoms with E-state index in [-0.39, 0.29) is 11.9 Å². The lowest BCUT2D eigenvalue weighted by molar-refractivity contribution is -0.124. The smallest absolute Gasteiger partial charge is 0.237 e. The molecule has 0 saturated heterocycles. The van der Waals surface area contributed by atoms with Crippen LogP contribution in [0.4, 0.5) is 0 Å². The van der Waals surface area contributed by atoms with Gasteiger partial charge in [-0.2, -0.15) is 0 Å². The van der Waals surface area contributed by atoms with Gasteiger partial charge in [0.25, 0.3) is 0 Å². The minimum absolute atomic E-state index is 0.266. The van der Waals surface area contributed by atoms with Gasteiger partial charge in [-0.3, -0.25) is 4.79 Å². The number of carbonyl (C=O) groups is 1. The molecule has 0 bridgehead atoms. The molecule has 1 atom stereocenters. The molecule has 0 rings (SSSR count). The number of amides is 1. The number of hydrogen-bond donors (Lipinski definition) is 2. The van der Waals surface area contributed by atoms with E-state index in [2.05, 4.69) is 10.2 Å². The van der Waals surface area contributed by atoms with Gasteiger partial charge in [0.2, 0.25) is 5.91 Å². The Morgan fingerprint density at radius 1 is 1.47 bits per heavy atom. The van der Waals surface area contributed by atoms with Crippen molar-refractivity contribution in [3.63, 3.8) is 0 Å². The Hall–Kier alpha value is -0.610. The van der Waals surface area contributed by atoms with Crippen molar-refractivity contribution in [1.29, 1.82) is 0 Å². The van der Waals surface area contributed by atoms with Crippen LogP contribution in [0.3, 0.4) is 0 Å². The predicted molar refractivity (Wildman–Crippen MR) is 63.7 cm³/mol. The van der Waals surface area contributed by atoms with Crippen LogP contribution >= 0.6 is 0 Å². The monoisotopic (exact) mass is 215 g/mol. The number of hydrogen-bond acceptors (Lipinski definition) is 3. The summed E-state index contributed by atoms with van der Waals surface area (Å²) in [5.74, 6) is -0.269. The largest absolute Gasteiger partial charge is 0.368 e. The summed E-state index contributed by atoms with van der Waals surface area (Å²) in [4.78, 5) is 13.5. The highest BCUT2D eigenvalue weighted by molar-refractivity contribution is 5.84. The van der Waals surface area contributed by atoms with Gasteiger partial charge in [-0.15, -0.1) is 0 Å². The van der Waals surface area contributed by atoms with Gasteiger partial charge in [0.15, 0.2) is 0 Å². The van der Waals surface area contributed by atoms with Gasteiger partial charge in [0.1, 0.15) is 0 Å². The van der Waals surface area contributed by atoms with Crippen LogP contribution in [-0.2, 0) is 4.79 Å². The molecule has 0 fully saturated rings. The maximum absolute atomic E-state index is 11.4. The summed E-state index contributed by atoms with van der Waals surface area (Å²) >= 11 is 0. The second kappa shape index (κ2) is 6.08. The van der Waals surface area contributed by atoms with Crippen LogP contribution in [0.15, 0.2) is 0 Å². The third kappa shape index (κ3) is 5.74. The lowest BCUT2D eigenvalue weighted by Gasteiger charge is -2.30. The van der Waals surface area contributed by atoms with Crippen molar-refractivity contribution in [2.24, 2.45) is 5.73 Å². The van der Waals surface area contributed by atoms with E-state index in [1.54, 1.807) is 0 Å². The molecule has 0 spiro atoms. The van der Waals surface area contributed by atoms with Crippen molar-refractivity contribution in [2.45, 2.75) is 45.2 Å². The summed E-state index contributed by atoms with van der Waals surface area (Å²) in [5.41, 5.74) is 4.84.